The number of ether oxygens (including phenoxy) is 1. The van der Waals surface area contributed by atoms with E-state index >= 15 is 0 Å². The second kappa shape index (κ2) is 10.2. The lowest BCUT2D eigenvalue weighted by molar-refractivity contribution is -0.133. The SMILES string of the molecule is Cc1ccccc1CN1CCc2c(OCC(=O)N3CCN(c4ccccc4)CC3)cccc2C1=O. The number of hydrogen-bond donors (Lipinski definition) is 0. The van der Waals surface area contributed by atoms with Crippen LogP contribution in [0.3, 0.4) is 0 Å². The van der Waals surface area contributed by atoms with Gasteiger partial charge in [-0.2, -0.15) is 0 Å². The highest BCUT2D eigenvalue weighted by Gasteiger charge is 2.28. The van der Waals surface area contributed by atoms with E-state index in [9.17, 15) is 9.59 Å². The fourth-order valence-electron chi connectivity index (χ4n) is 4.91. The van der Waals surface area contributed by atoms with Crippen LogP contribution in [-0.2, 0) is 17.8 Å². The third kappa shape index (κ3) is 5.02. The van der Waals surface area contributed by atoms with Gasteiger partial charge in [0.25, 0.3) is 11.8 Å². The Morgan fingerprint density at radius 1 is 0.857 bits per heavy atom. The number of rotatable bonds is 6. The summed E-state index contributed by atoms with van der Waals surface area (Å²) < 4.78 is 5.98. The Bertz CT molecular complexity index is 1200. The molecule has 0 spiro atoms. The van der Waals surface area contributed by atoms with E-state index in [-0.39, 0.29) is 18.4 Å². The first-order valence-electron chi connectivity index (χ1n) is 12.3. The number of carbonyl (C=O) groups excluding carboxylic acids is 2. The molecule has 5 rings (SSSR count). The predicted octanol–water partition coefficient (Wildman–Crippen LogP) is 3.92. The normalized spacial score (nSPS) is 15.7. The average molecular weight is 470 g/mol. The molecule has 2 heterocycles. The number of nitrogens with zero attached hydrogens (tertiary/aromatic N) is 3. The third-order valence-corrected chi connectivity index (χ3v) is 7.01. The van der Waals surface area contributed by atoms with E-state index in [2.05, 4.69) is 36.1 Å². The summed E-state index contributed by atoms with van der Waals surface area (Å²) in [6.07, 6.45) is 0.715. The molecule has 35 heavy (non-hydrogen) atoms. The van der Waals surface area contributed by atoms with Crippen LogP contribution in [0.2, 0.25) is 0 Å². The molecule has 2 aliphatic rings. The minimum atomic E-state index is -0.0152. The largest absolute Gasteiger partial charge is 0.483 e. The predicted molar refractivity (Wildman–Crippen MR) is 137 cm³/mol. The second-order valence-corrected chi connectivity index (χ2v) is 9.18. The Morgan fingerprint density at radius 2 is 1.60 bits per heavy atom. The molecule has 0 N–H and O–H groups in total. The molecule has 0 radical (unpaired) electrons. The van der Waals surface area contributed by atoms with Gasteiger partial charge in [-0.3, -0.25) is 9.59 Å². The molecular weight excluding hydrogens is 438 g/mol. The highest BCUT2D eigenvalue weighted by Crippen LogP contribution is 2.29. The van der Waals surface area contributed by atoms with E-state index in [0.29, 0.717) is 43.9 Å². The molecule has 180 valence electrons. The lowest BCUT2D eigenvalue weighted by Crippen LogP contribution is -2.50. The number of piperazine rings is 1. The summed E-state index contributed by atoms with van der Waals surface area (Å²) in [6, 6.07) is 24.0. The number of amides is 2. The van der Waals surface area contributed by atoms with Gasteiger partial charge in [-0.25, -0.2) is 0 Å². The van der Waals surface area contributed by atoms with Gasteiger partial charge >= 0.3 is 0 Å². The zero-order valence-corrected chi connectivity index (χ0v) is 20.2. The first-order chi connectivity index (χ1) is 17.1. The monoisotopic (exact) mass is 469 g/mol. The Hall–Kier alpha value is -3.80. The van der Waals surface area contributed by atoms with Gasteiger partial charge < -0.3 is 19.4 Å². The number of anilines is 1. The molecule has 0 saturated carbocycles. The van der Waals surface area contributed by atoms with Crippen molar-refractivity contribution in [3.8, 4) is 5.75 Å². The lowest BCUT2D eigenvalue weighted by Gasteiger charge is -2.36. The van der Waals surface area contributed by atoms with Crippen LogP contribution in [0.15, 0.2) is 72.8 Å². The van der Waals surface area contributed by atoms with Crippen LogP contribution in [0, 0.1) is 6.92 Å². The highest BCUT2D eigenvalue weighted by atomic mass is 16.5. The Labute approximate surface area is 206 Å². The van der Waals surface area contributed by atoms with Crippen molar-refractivity contribution in [1.29, 1.82) is 0 Å². The number of aryl methyl sites for hydroxylation is 1. The van der Waals surface area contributed by atoms with Crippen molar-refractivity contribution in [3.05, 3.63) is 95.1 Å². The first-order valence-corrected chi connectivity index (χ1v) is 12.3. The Kier molecular flexibility index (Phi) is 6.70. The smallest absolute Gasteiger partial charge is 0.260 e. The van der Waals surface area contributed by atoms with Gasteiger partial charge in [0.2, 0.25) is 0 Å². The molecule has 1 saturated heterocycles. The van der Waals surface area contributed by atoms with Crippen molar-refractivity contribution in [1.82, 2.24) is 9.80 Å². The standard InChI is InChI=1S/C29H31N3O3/c1-22-8-5-6-9-23(22)20-32-15-14-25-26(29(32)34)12-7-13-27(25)35-21-28(33)31-18-16-30(17-19-31)24-10-3-2-4-11-24/h2-13H,14-21H2,1H3. The van der Waals surface area contributed by atoms with E-state index in [1.54, 1.807) is 0 Å². The molecule has 6 nitrogen and oxygen atoms in total. The fraction of sp³-hybridized carbons (Fsp3) is 0.310. The van der Waals surface area contributed by atoms with E-state index in [1.165, 1.54) is 11.3 Å². The van der Waals surface area contributed by atoms with Crippen LogP contribution in [0.25, 0.3) is 0 Å². The van der Waals surface area contributed by atoms with Gasteiger partial charge in [0, 0.05) is 56.1 Å². The molecule has 0 unspecified atom stereocenters. The topological polar surface area (TPSA) is 53.1 Å². The molecule has 1 fully saturated rings. The van der Waals surface area contributed by atoms with Crippen LogP contribution in [0.1, 0.15) is 27.0 Å². The molecule has 3 aromatic carbocycles. The van der Waals surface area contributed by atoms with Crippen molar-refractivity contribution in [3.63, 3.8) is 0 Å². The van der Waals surface area contributed by atoms with Gasteiger partial charge in [-0.15, -0.1) is 0 Å². The fourth-order valence-corrected chi connectivity index (χ4v) is 4.91. The van der Waals surface area contributed by atoms with E-state index in [1.807, 2.05) is 58.3 Å². The van der Waals surface area contributed by atoms with Crippen molar-refractivity contribution in [2.24, 2.45) is 0 Å². The van der Waals surface area contributed by atoms with Crippen LogP contribution in [-0.4, -0.2) is 60.9 Å². The first kappa shape index (κ1) is 23.0. The van der Waals surface area contributed by atoms with Crippen LogP contribution < -0.4 is 9.64 Å². The summed E-state index contributed by atoms with van der Waals surface area (Å²) >= 11 is 0. The van der Waals surface area contributed by atoms with Gasteiger partial charge in [0.05, 0.1) is 0 Å². The van der Waals surface area contributed by atoms with E-state index in [0.717, 1.165) is 24.2 Å². The Balaban J connectivity index is 1.19. The minimum absolute atomic E-state index is 0.0110. The quantitative estimate of drug-likeness (QED) is 0.549. The number of carbonyl (C=O) groups is 2. The molecule has 6 heteroatoms. The maximum absolute atomic E-state index is 13.2. The Morgan fingerprint density at radius 3 is 2.37 bits per heavy atom. The van der Waals surface area contributed by atoms with Crippen LogP contribution >= 0.6 is 0 Å². The van der Waals surface area contributed by atoms with Crippen LogP contribution in [0.4, 0.5) is 5.69 Å². The van der Waals surface area contributed by atoms with Gasteiger partial charge in [0.1, 0.15) is 5.75 Å². The zero-order chi connectivity index (χ0) is 24.2. The zero-order valence-electron chi connectivity index (χ0n) is 20.2. The van der Waals surface area contributed by atoms with Gasteiger partial charge in [-0.05, 0) is 48.7 Å². The number of fused-ring (bicyclic) bond motifs is 1. The molecule has 0 aromatic heterocycles. The number of hydrogen-bond acceptors (Lipinski definition) is 4. The summed E-state index contributed by atoms with van der Waals surface area (Å²) in [5.74, 6) is 0.643. The minimum Gasteiger partial charge on any atom is -0.483 e. The molecule has 2 amide bonds. The van der Waals surface area contributed by atoms with Gasteiger partial charge in [0.15, 0.2) is 6.61 Å². The molecule has 2 aliphatic heterocycles. The summed E-state index contributed by atoms with van der Waals surface area (Å²) in [5, 5.41) is 0. The lowest BCUT2D eigenvalue weighted by atomic mass is 9.97. The summed E-state index contributed by atoms with van der Waals surface area (Å²) in [6.45, 7) is 6.26. The maximum Gasteiger partial charge on any atom is 0.260 e. The van der Waals surface area contributed by atoms with Crippen molar-refractivity contribution in [2.75, 3.05) is 44.2 Å². The summed E-state index contributed by atoms with van der Waals surface area (Å²) in [7, 11) is 0. The molecule has 3 aromatic rings. The molecule has 0 aliphatic carbocycles. The van der Waals surface area contributed by atoms with Crippen molar-refractivity contribution < 1.29 is 14.3 Å². The summed E-state index contributed by atoms with van der Waals surface area (Å²) in [5.41, 5.74) is 5.11. The highest BCUT2D eigenvalue weighted by molar-refractivity contribution is 5.97. The second-order valence-electron chi connectivity index (χ2n) is 9.18. The van der Waals surface area contributed by atoms with Gasteiger partial charge in [-0.1, -0.05) is 48.5 Å². The summed E-state index contributed by atoms with van der Waals surface area (Å²) in [4.78, 5) is 32.1. The van der Waals surface area contributed by atoms with Crippen molar-refractivity contribution in [2.45, 2.75) is 19.9 Å². The average Bonchev–Trinajstić information content (AvgIpc) is 2.90. The molecule has 0 bridgehead atoms. The van der Waals surface area contributed by atoms with Crippen LogP contribution in [0.5, 0.6) is 5.75 Å². The van der Waals surface area contributed by atoms with Crippen molar-refractivity contribution >= 4 is 17.5 Å². The maximum atomic E-state index is 13.2. The number of benzene rings is 3. The third-order valence-electron chi connectivity index (χ3n) is 7.01. The number of para-hydroxylation sites is 1. The van der Waals surface area contributed by atoms with E-state index in [4.69, 9.17) is 4.74 Å². The molecular formula is C29H31N3O3. The molecule has 0 atom stereocenters. The van der Waals surface area contributed by atoms with E-state index < -0.39 is 0 Å².